The van der Waals surface area contributed by atoms with Gasteiger partial charge in [-0.15, -0.1) is 0 Å². The van der Waals surface area contributed by atoms with E-state index in [4.69, 9.17) is 4.74 Å². The minimum absolute atomic E-state index is 0.283. The molecule has 1 heterocycles. The number of imidazole rings is 1. The number of aromatic nitrogens is 2. The molecule has 1 N–H and O–H groups in total. The predicted molar refractivity (Wildman–Crippen MR) is 99.8 cm³/mol. The van der Waals surface area contributed by atoms with Gasteiger partial charge in [0.1, 0.15) is 25.0 Å². The van der Waals surface area contributed by atoms with Crippen LogP contribution in [-0.4, -0.2) is 22.4 Å². The molecule has 4 nitrogen and oxygen atoms in total. The maximum absolute atomic E-state index is 10.5. The van der Waals surface area contributed by atoms with Gasteiger partial charge in [-0.2, -0.15) is 0 Å². The molecule has 0 aliphatic heterocycles. The number of aliphatic hydroxyl groups is 1. The second kappa shape index (κ2) is 7.70. The lowest BCUT2D eigenvalue weighted by molar-refractivity contribution is -0.654. The molecule has 4 heteroatoms. The summed E-state index contributed by atoms with van der Waals surface area (Å²) in [4.78, 5) is 0. The van der Waals surface area contributed by atoms with Crippen molar-refractivity contribution < 1.29 is 14.4 Å². The zero-order valence-corrected chi connectivity index (χ0v) is 15.3. The molecule has 0 aliphatic rings. The normalized spacial score (nSPS) is 12.5. The molecule has 0 fully saturated rings. The minimum Gasteiger partial charge on any atom is -0.491 e. The van der Waals surface area contributed by atoms with E-state index in [1.54, 1.807) is 0 Å². The van der Waals surface area contributed by atoms with Gasteiger partial charge in [-0.1, -0.05) is 36.8 Å². The topological polar surface area (TPSA) is 38.3 Å². The highest BCUT2D eigenvalue weighted by atomic mass is 16.5. The maximum Gasteiger partial charge on any atom is 0.257 e. The van der Waals surface area contributed by atoms with Crippen LogP contribution in [0.4, 0.5) is 0 Å². The van der Waals surface area contributed by atoms with Gasteiger partial charge in [0.05, 0.1) is 7.05 Å². The summed E-state index contributed by atoms with van der Waals surface area (Å²) in [6.07, 6.45) is 1.49. The first-order valence-electron chi connectivity index (χ1n) is 8.93. The molecule has 0 saturated carbocycles. The van der Waals surface area contributed by atoms with Gasteiger partial charge in [0.15, 0.2) is 11.0 Å². The summed E-state index contributed by atoms with van der Waals surface area (Å²) in [7, 11) is 2.10. The monoisotopic (exact) mass is 339 g/mol. The van der Waals surface area contributed by atoms with E-state index in [0.717, 1.165) is 24.1 Å². The second-order valence-corrected chi connectivity index (χ2v) is 6.60. The van der Waals surface area contributed by atoms with Crippen molar-refractivity contribution in [2.45, 2.75) is 39.3 Å². The van der Waals surface area contributed by atoms with Gasteiger partial charge >= 0.3 is 0 Å². The third-order valence-electron chi connectivity index (χ3n) is 4.56. The van der Waals surface area contributed by atoms with Crippen LogP contribution < -0.4 is 9.30 Å². The van der Waals surface area contributed by atoms with Crippen molar-refractivity contribution in [3.05, 3.63) is 59.9 Å². The highest BCUT2D eigenvalue weighted by Crippen LogP contribution is 2.17. The fraction of sp³-hybridized carbons (Fsp3) is 0.381. The molecule has 0 unspecified atom stereocenters. The lowest BCUT2D eigenvalue weighted by Crippen LogP contribution is -2.34. The quantitative estimate of drug-likeness (QED) is 0.672. The van der Waals surface area contributed by atoms with Crippen LogP contribution in [0.15, 0.2) is 48.5 Å². The first-order chi connectivity index (χ1) is 12.1. The molecule has 25 heavy (non-hydrogen) atoms. The molecule has 2 aromatic carbocycles. The average molecular weight is 339 g/mol. The van der Waals surface area contributed by atoms with E-state index in [9.17, 15) is 5.11 Å². The molecule has 0 aliphatic carbocycles. The van der Waals surface area contributed by atoms with E-state index in [1.165, 1.54) is 16.9 Å². The fourth-order valence-corrected chi connectivity index (χ4v) is 3.26. The Balaban J connectivity index is 1.77. The molecule has 1 atom stereocenters. The van der Waals surface area contributed by atoms with Crippen molar-refractivity contribution in [1.29, 1.82) is 0 Å². The number of rotatable bonds is 7. The Morgan fingerprint density at radius 3 is 2.56 bits per heavy atom. The van der Waals surface area contributed by atoms with Crippen LogP contribution in [0, 0.1) is 6.92 Å². The van der Waals surface area contributed by atoms with Gasteiger partial charge in [-0.05, 0) is 37.6 Å². The number of hydrogen-bond donors (Lipinski definition) is 1. The van der Waals surface area contributed by atoms with Crippen LogP contribution in [0.5, 0.6) is 5.75 Å². The zero-order valence-electron chi connectivity index (χ0n) is 15.3. The maximum atomic E-state index is 10.5. The largest absolute Gasteiger partial charge is 0.491 e. The van der Waals surface area contributed by atoms with Crippen LogP contribution >= 0.6 is 0 Å². The van der Waals surface area contributed by atoms with Crippen molar-refractivity contribution in [2.24, 2.45) is 7.05 Å². The van der Waals surface area contributed by atoms with Crippen molar-refractivity contribution in [3.8, 4) is 5.75 Å². The van der Waals surface area contributed by atoms with Gasteiger partial charge in [-0.3, -0.25) is 0 Å². The third-order valence-corrected chi connectivity index (χ3v) is 4.56. The van der Waals surface area contributed by atoms with Crippen molar-refractivity contribution in [2.75, 3.05) is 6.61 Å². The lowest BCUT2D eigenvalue weighted by atomic mass is 10.2. The van der Waals surface area contributed by atoms with Gasteiger partial charge in [0.25, 0.3) is 5.82 Å². The highest BCUT2D eigenvalue weighted by Gasteiger charge is 2.23. The minimum atomic E-state index is -0.562. The molecule has 0 spiro atoms. The number of nitrogens with zero attached hydrogens (tertiary/aromatic N) is 2. The Morgan fingerprint density at radius 2 is 1.84 bits per heavy atom. The molecule has 132 valence electrons. The number of hydrogen-bond acceptors (Lipinski definition) is 2. The van der Waals surface area contributed by atoms with Gasteiger partial charge in [0.2, 0.25) is 0 Å². The first-order valence-corrected chi connectivity index (χ1v) is 8.93. The van der Waals surface area contributed by atoms with Crippen LogP contribution in [-0.2, 0) is 20.0 Å². The van der Waals surface area contributed by atoms with Crippen LogP contribution in [0.2, 0.25) is 0 Å². The number of aliphatic hydroxyl groups excluding tert-OH is 1. The summed E-state index contributed by atoms with van der Waals surface area (Å²) >= 11 is 0. The van der Waals surface area contributed by atoms with Crippen molar-refractivity contribution in [1.82, 2.24) is 4.57 Å². The van der Waals surface area contributed by atoms with E-state index in [1.807, 2.05) is 37.3 Å². The van der Waals surface area contributed by atoms with Gasteiger partial charge in [0, 0.05) is 6.42 Å². The fourth-order valence-electron chi connectivity index (χ4n) is 3.26. The summed E-state index contributed by atoms with van der Waals surface area (Å²) in [5.74, 6) is 2.03. The predicted octanol–water partition coefficient (Wildman–Crippen LogP) is 3.17. The van der Waals surface area contributed by atoms with Crippen LogP contribution in [0.1, 0.15) is 24.7 Å². The third kappa shape index (κ3) is 3.85. The Morgan fingerprint density at radius 1 is 1.12 bits per heavy atom. The molecular weight excluding hydrogens is 312 g/mol. The second-order valence-electron chi connectivity index (χ2n) is 6.60. The Bertz CT molecular complexity index is 837. The lowest BCUT2D eigenvalue weighted by Gasteiger charge is -2.12. The molecule has 0 radical (unpaired) electrons. The molecule has 0 bridgehead atoms. The van der Waals surface area contributed by atoms with Gasteiger partial charge in [-0.25, -0.2) is 9.13 Å². The van der Waals surface area contributed by atoms with Crippen molar-refractivity contribution >= 4 is 11.0 Å². The first kappa shape index (κ1) is 17.5. The Kier molecular flexibility index (Phi) is 5.39. The number of aryl methyl sites for hydroxylation is 2. The number of fused-ring (bicyclic) bond motifs is 1. The SMILES string of the molecule is CCCc1n(C[C@H](O)COc2ccc(C)cc2)c2ccccc2[n+]1C. The molecule has 3 aromatic rings. The zero-order chi connectivity index (χ0) is 17.8. The Labute approximate surface area is 149 Å². The summed E-state index contributed by atoms with van der Waals surface area (Å²) < 4.78 is 10.2. The summed E-state index contributed by atoms with van der Waals surface area (Å²) in [6.45, 7) is 5.04. The molecular formula is C21H27N2O2+. The summed E-state index contributed by atoms with van der Waals surface area (Å²) in [5.41, 5.74) is 3.55. The molecule has 1 aromatic heterocycles. The highest BCUT2D eigenvalue weighted by molar-refractivity contribution is 5.72. The number of benzene rings is 2. The van der Waals surface area contributed by atoms with Crippen LogP contribution in [0.25, 0.3) is 11.0 Å². The van der Waals surface area contributed by atoms with E-state index < -0.39 is 6.10 Å². The smallest absolute Gasteiger partial charge is 0.257 e. The van der Waals surface area contributed by atoms with Crippen LogP contribution in [0.3, 0.4) is 0 Å². The Hall–Kier alpha value is -2.33. The summed E-state index contributed by atoms with van der Waals surface area (Å²) in [6, 6.07) is 16.2. The molecule has 0 amide bonds. The molecule has 0 saturated heterocycles. The van der Waals surface area contributed by atoms with Crippen molar-refractivity contribution in [3.63, 3.8) is 0 Å². The molecule has 3 rings (SSSR count). The van der Waals surface area contributed by atoms with E-state index in [-0.39, 0.29) is 6.61 Å². The standard InChI is InChI=1S/C21H27N2O2/c1-4-7-21-22(3)19-8-5-6-9-20(19)23(21)14-17(24)15-25-18-12-10-16(2)11-13-18/h5-6,8-13,17,24H,4,7,14-15H2,1-3H3/q+1/t17-/m0/s1. The van der Waals surface area contributed by atoms with Gasteiger partial charge < -0.3 is 9.84 Å². The summed E-state index contributed by atoms with van der Waals surface area (Å²) in [5, 5.41) is 10.5. The average Bonchev–Trinajstić information content (AvgIpc) is 2.88. The number of para-hydroxylation sites is 2. The van der Waals surface area contributed by atoms with E-state index >= 15 is 0 Å². The van der Waals surface area contributed by atoms with E-state index in [0.29, 0.717) is 6.54 Å². The van der Waals surface area contributed by atoms with E-state index in [2.05, 4.69) is 41.3 Å². The number of ether oxygens (including phenoxy) is 1.